The molecule has 0 saturated heterocycles. The second-order valence-electron chi connectivity index (χ2n) is 3.87. The van der Waals surface area contributed by atoms with Crippen molar-refractivity contribution in [2.24, 2.45) is 5.92 Å². The molecule has 15 heavy (non-hydrogen) atoms. The molecule has 1 rings (SSSR count). The van der Waals surface area contributed by atoms with Gasteiger partial charge >= 0.3 is 0 Å². The maximum atomic E-state index is 9.14. The van der Waals surface area contributed by atoms with Gasteiger partial charge in [0.1, 0.15) is 5.75 Å². The molecule has 0 aliphatic heterocycles. The lowest BCUT2D eigenvalue weighted by atomic mass is 10.1. The molecule has 0 spiro atoms. The average molecular weight is 210 g/mol. The normalized spacial score (nSPS) is 12.5. The van der Waals surface area contributed by atoms with Crippen LogP contribution in [0.5, 0.6) is 5.75 Å². The molecule has 2 N–H and O–H groups in total. The highest BCUT2D eigenvalue weighted by Crippen LogP contribution is 2.20. The molecular formula is C12H18O3. The van der Waals surface area contributed by atoms with Crippen molar-refractivity contribution in [3.63, 3.8) is 0 Å². The van der Waals surface area contributed by atoms with Crippen molar-refractivity contribution < 1.29 is 14.9 Å². The summed E-state index contributed by atoms with van der Waals surface area (Å²) in [4.78, 5) is 0. The van der Waals surface area contributed by atoms with Crippen LogP contribution in [0.25, 0.3) is 0 Å². The highest BCUT2D eigenvalue weighted by atomic mass is 16.5. The molecule has 0 aromatic heterocycles. The van der Waals surface area contributed by atoms with E-state index in [4.69, 9.17) is 14.9 Å². The third kappa shape index (κ3) is 3.53. The van der Waals surface area contributed by atoms with Crippen LogP contribution in [0.4, 0.5) is 0 Å². The molecule has 0 bridgehead atoms. The van der Waals surface area contributed by atoms with Gasteiger partial charge in [0.05, 0.1) is 13.2 Å². The topological polar surface area (TPSA) is 49.7 Å². The lowest BCUT2D eigenvalue weighted by Gasteiger charge is -2.13. The number of aryl methyl sites for hydroxylation is 1. The van der Waals surface area contributed by atoms with Gasteiger partial charge in [-0.25, -0.2) is 0 Å². The summed E-state index contributed by atoms with van der Waals surface area (Å²) in [5.41, 5.74) is 1.89. The maximum Gasteiger partial charge on any atom is 0.124 e. The second kappa shape index (κ2) is 5.73. The number of aliphatic hydroxyl groups excluding tert-OH is 2. The predicted molar refractivity (Wildman–Crippen MR) is 58.8 cm³/mol. The van der Waals surface area contributed by atoms with E-state index in [-0.39, 0.29) is 19.1 Å². The van der Waals surface area contributed by atoms with Crippen molar-refractivity contribution in [3.8, 4) is 5.75 Å². The second-order valence-corrected chi connectivity index (χ2v) is 3.87. The predicted octanol–water partition coefficient (Wildman–Crippen LogP) is 1.49. The lowest BCUT2D eigenvalue weighted by Crippen LogP contribution is -2.13. The largest absolute Gasteiger partial charge is 0.493 e. The first-order valence-electron chi connectivity index (χ1n) is 5.11. The first-order valence-corrected chi connectivity index (χ1v) is 5.11. The Hall–Kier alpha value is -1.06. The van der Waals surface area contributed by atoms with E-state index < -0.39 is 0 Å². The highest BCUT2D eigenvalue weighted by molar-refractivity contribution is 5.36. The van der Waals surface area contributed by atoms with Gasteiger partial charge in [0.15, 0.2) is 0 Å². The molecule has 0 saturated carbocycles. The number of aliphatic hydroxyl groups is 2. The van der Waals surface area contributed by atoms with E-state index in [0.717, 1.165) is 11.1 Å². The maximum absolute atomic E-state index is 9.14. The number of hydrogen-bond acceptors (Lipinski definition) is 3. The van der Waals surface area contributed by atoms with Crippen LogP contribution in [0, 0.1) is 12.8 Å². The van der Waals surface area contributed by atoms with Crippen molar-refractivity contribution >= 4 is 0 Å². The minimum absolute atomic E-state index is 0.0233. The van der Waals surface area contributed by atoms with Gasteiger partial charge in [0.2, 0.25) is 0 Å². The molecule has 1 aromatic rings. The molecule has 0 aliphatic carbocycles. The Balaban J connectivity index is 2.67. The summed E-state index contributed by atoms with van der Waals surface area (Å²) in [5.74, 6) is 0.807. The summed E-state index contributed by atoms with van der Waals surface area (Å²) in [6.45, 7) is 4.43. The molecule has 84 valence electrons. The molecule has 0 heterocycles. The SMILES string of the molecule is Cc1ccc(OCC(C)CO)c(CO)c1. The fourth-order valence-electron chi connectivity index (χ4n) is 1.26. The van der Waals surface area contributed by atoms with Gasteiger partial charge in [-0.05, 0) is 13.0 Å². The van der Waals surface area contributed by atoms with Gasteiger partial charge in [-0.2, -0.15) is 0 Å². The molecule has 0 radical (unpaired) electrons. The number of hydrogen-bond donors (Lipinski definition) is 2. The summed E-state index contributed by atoms with van der Waals surface area (Å²) in [7, 11) is 0. The first kappa shape index (κ1) is 12.0. The van der Waals surface area contributed by atoms with Crippen LogP contribution in [-0.2, 0) is 6.61 Å². The van der Waals surface area contributed by atoms with Crippen molar-refractivity contribution in [1.82, 2.24) is 0 Å². The van der Waals surface area contributed by atoms with Crippen LogP contribution >= 0.6 is 0 Å². The van der Waals surface area contributed by atoms with Crippen molar-refractivity contribution in [1.29, 1.82) is 0 Å². The molecule has 3 nitrogen and oxygen atoms in total. The monoisotopic (exact) mass is 210 g/mol. The summed E-state index contributed by atoms with van der Waals surface area (Å²) in [6, 6.07) is 5.70. The fourth-order valence-corrected chi connectivity index (χ4v) is 1.26. The average Bonchev–Trinajstić information content (AvgIpc) is 2.26. The van der Waals surface area contributed by atoms with Crippen LogP contribution in [0.15, 0.2) is 18.2 Å². The third-order valence-corrected chi connectivity index (χ3v) is 2.22. The standard InChI is InChI=1S/C12H18O3/c1-9-3-4-12(11(5-9)7-14)15-8-10(2)6-13/h3-5,10,13-14H,6-8H2,1-2H3. The zero-order chi connectivity index (χ0) is 11.3. The zero-order valence-corrected chi connectivity index (χ0v) is 9.23. The van der Waals surface area contributed by atoms with Gasteiger partial charge in [0, 0.05) is 18.1 Å². The Kier molecular flexibility index (Phi) is 4.59. The van der Waals surface area contributed by atoms with Gasteiger partial charge in [0.25, 0.3) is 0 Å². The third-order valence-electron chi connectivity index (χ3n) is 2.22. The highest BCUT2D eigenvalue weighted by Gasteiger charge is 2.05. The van der Waals surface area contributed by atoms with E-state index in [1.807, 2.05) is 32.0 Å². The summed E-state index contributed by atoms with van der Waals surface area (Å²) < 4.78 is 5.52. The smallest absolute Gasteiger partial charge is 0.124 e. The number of ether oxygens (including phenoxy) is 1. The van der Waals surface area contributed by atoms with E-state index in [1.54, 1.807) is 0 Å². The zero-order valence-electron chi connectivity index (χ0n) is 9.23. The van der Waals surface area contributed by atoms with Crippen LogP contribution in [0.2, 0.25) is 0 Å². The van der Waals surface area contributed by atoms with Crippen molar-refractivity contribution in [2.45, 2.75) is 20.5 Å². The molecule has 0 fully saturated rings. The minimum atomic E-state index is -0.0233. The lowest BCUT2D eigenvalue weighted by molar-refractivity contribution is 0.171. The summed E-state index contributed by atoms with van der Waals surface area (Å²) in [5, 5.41) is 18.0. The van der Waals surface area contributed by atoms with Crippen molar-refractivity contribution in [3.05, 3.63) is 29.3 Å². The molecule has 1 unspecified atom stereocenters. The quantitative estimate of drug-likeness (QED) is 0.774. The van der Waals surface area contributed by atoms with E-state index in [2.05, 4.69) is 0 Å². The Morgan fingerprint density at radius 2 is 2.07 bits per heavy atom. The Morgan fingerprint density at radius 1 is 1.33 bits per heavy atom. The summed E-state index contributed by atoms with van der Waals surface area (Å²) >= 11 is 0. The van der Waals surface area contributed by atoms with Crippen LogP contribution in [0.3, 0.4) is 0 Å². The van der Waals surface area contributed by atoms with E-state index in [9.17, 15) is 0 Å². The van der Waals surface area contributed by atoms with Crippen molar-refractivity contribution in [2.75, 3.05) is 13.2 Å². The Morgan fingerprint density at radius 3 is 2.67 bits per heavy atom. The van der Waals surface area contributed by atoms with Gasteiger partial charge in [-0.15, -0.1) is 0 Å². The molecule has 1 aromatic carbocycles. The van der Waals surface area contributed by atoms with Gasteiger partial charge in [-0.3, -0.25) is 0 Å². The first-order chi connectivity index (χ1) is 7.17. The van der Waals surface area contributed by atoms with Crippen LogP contribution in [0.1, 0.15) is 18.1 Å². The Labute approximate surface area is 90.3 Å². The summed E-state index contributed by atoms with van der Waals surface area (Å²) in [6.07, 6.45) is 0. The number of rotatable bonds is 5. The van der Waals surface area contributed by atoms with E-state index >= 15 is 0 Å². The minimum Gasteiger partial charge on any atom is -0.493 e. The molecular weight excluding hydrogens is 192 g/mol. The van der Waals surface area contributed by atoms with E-state index in [0.29, 0.717) is 12.4 Å². The van der Waals surface area contributed by atoms with Gasteiger partial charge < -0.3 is 14.9 Å². The van der Waals surface area contributed by atoms with Crippen LogP contribution < -0.4 is 4.74 Å². The van der Waals surface area contributed by atoms with Gasteiger partial charge in [-0.1, -0.05) is 24.6 Å². The molecule has 3 heteroatoms. The molecule has 1 atom stereocenters. The van der Waals surface area contributed by atoms with Crippen LogP contribution in [-0.4, -0.2) is 23.4 Å². The fraction of sp³-hybridized carbons (Fsp3) is 0.500. The number of benzene rings is 1. The Bertz CT molecular complexity index is 310. The molecule has 0 aliphatic rings. The van der Waals surface area contributed by atoms with E-state index in [1.165, 1.54) is 0 Å². The molecule has 0 amide bonds.